The van der Waals surface area contributed by atoms with E-state index in [1.807, 2.05) is 0 Å². The van der Waals surface area contributed by atoms with Crippen molar-refractivity contribution < 1.29 is 14.3 Å². The van der Waals surface area contributed by atoms with Crippen LogP contribution in [0, 0.1) is 22.7 Å². The Bertz CT molecular complexity index is 368. The summed E-state index contributed by atoms with van der Waals surface area (Å²) in [5, 5.41) is 0. The van der Waals surface area contributed by atoms with Crippen molar-refractivity contribution in [3.05, 3.63) is 0 Å². The van der Waals surface area contributed by atoms with Crippen molar-refractivity contribution in [1.29, 1.82) is 0 Å². The number of rotatable bonds is 5. The van der Waals surface area contributed by atoms with Crippen LogP contribution < -0.4 is 0 Å². The molecule has 3 nitrogen and oxygen atoms in total. The zero-order valence-corrected chi connectivity index (χ0v) is 9.70. The van der Waals surface area contributed by atoms with Crippen molar-refractivity contribution >= 4 is 6.47 Å². The fourth-order valence-electron chi connectivity index (χ4n) is 5.83. The van der Waals surface area contributed by atoms with Gasteiger partial charge in [0.25, 0.3) is 6.47 Å². The highest BCUT2D eigenvalue weighted by molar-refractivity contribution is 5.42. The highest BCUT2D eigenvalue weighted by atomic mass is 16.5. The van der Waals surface area contributed by atoms with Crippen LogP contribution in [0.3, 0.4) is 0 Å². The van der Waals surface area contributed by atoms with Crippen LogP contribution >= 0.6 is 0 Å². The standard InChI is InChI=1S/C13H18O3/c1-2-16-13-4-9-3-11(7-15-8-14)5-12(13,6-13)10(9)11/h8-10H,2-7H2,1H3. The molecule has 4 saturated carbocycles. The van der Waals surface area contributed by atoms with Crippen LogP contribution in [-0.4, -0.2) is 25.3 Å². The molecule has 5 unspecified atom stereocenters. The topological polar surface area (TPSA) is 35.5 Å². The molecule has 0 saturated heterocycles. The molecule has 0 bridgehead atoms. The molecule has 0 aromatic carbocycles. The molecule has 0 aromatic heterocycles. The van der Waals surface area contributed by atoms with Gasteiger partial charge in [-0.15, -0.1) is 0 Å². The Morgan fingerprint density at radius 2 is 2.25 bits per heavy atom. The molecule has 5 atom stereocenters. The fraction of sp³-hybridized carbons (Fsp3) is 0.923. The van der Waals surface area contributed by atoms with Crippen molar-refractivity contribution in [1.82, 2.24) is 0 Å². The maximum absolute atomic E-state index is 10.3. The quantitative estimate of drug-likeness (QED) is 0.665. The molecule has 4 rings (SSSR count). The molecular formula is C13H18O3. The predicted octanol–water partition coefficient (Wildman–Crippen LogP) is 1.75. The molecule has 0 aliphatic heterocycles. The third-order valence-corrected chi connectivity index (χ3v) is 5.90. The fourth-order valence-corrected chi connectivity index (χ4v) is 5.83. The van der Waals surface area contributed by atoms with Crippen molar-refractivity contribution in [3.8, 4) is 0 Å². The molecule has 88 valence electrons. The molecule has 1 spiro atoms. The molecule has 4 aliphatic rings. The first-order valence-electron chi connectivity index (χ1n) is 6.41. The number of hydrogen-bond donors (Lipinski definition) is 0. The highest BCUT2D eigenvalue weighted by Gasteiger charge is 2.91. The molecular weight excluding hydrogens is 204 g/mol. The van der Waals surface area contributed by atoms with Crippen LogP contribution in [-0.2, 0) is 14.3 Å². The number of hydrogen-bond acceptors (Lipinski definition) is 3. The van der Waals surface area contributed by atoms with Crippen LogP contribution in [0.5, 0.6) is 0 Å². The lowest BCUT2D eigenvalue weighted by atomic mass is 9.39. The lowest BCUT2D eigenvalue weighted by Crippen LogP contribution is -2.62. The molecule has 4 fully saturated rings. The van der Waals surface area contributed by atoms with Gasteiger partial charge in [0, 0.05) is 17.4 Å². The van der Waals surface area contributed by atoms with Gasteiger partial charge < -0.3 is 9.47 Å². The Morgan fingerprint density at radius 3 is 3.00 bits per heavy atom. The summed E-state index contributed by atoms with van der Waals surface area (Å²) in [6.07, 6.45) is 5.06. The van der Waals surface area contributed by atoms with Crippen LogP contribution in [0.2, 0.25) is 0 Å². The average Bonchev–Trinajstić information content (AvgIpc) is 2.78. The third-order valence-electron chi connectivity index (χ3n) is 5.90. The minimum Gasteiger partial charge on any atom is -0.467 e. The smallest absolute Gasteiger partial charge is 0.293 e. The second-order valence-electron chi connectivity index (χ2n) is 6.35. The van der Waals surface area contributed by atoms with E-state index >= 15 is 0 Å². The van der Waals surface area contributed by atoms with E-state index in [0.29, 0.717) is 23.9 Å². The Labute approximate surface area is 95.5 Å². The largest absolute Gasteiger partial charge is 0.467 e. The first-order chi connectivity index (χ1) is 7.72. The normalized spacial score (nSPS) is 59.1. The third kappa shape index (κ3) is 0.727. The van der Waals surface area contributed by atoms with Gasteiger partial charge in [-0.3, -0.25) is 4.79 Å². The lowest BCUT2D eigenvalue weighted by molar-refractivity contribution is -0.210. The molecule has 0 heterocycles. The zero-order chi connectivity index (χ0) is 11.0. The van der Waals surface area contributed by atoms with Gasteiger partial charge in [-0.2, -0.15) is 0 Å². The summed E-state index contributed by atoms with van der Waals surface area (Å²) < 4.78 is 11.0. The number of carbonyl (C=O) groups is 1. The maximum atomic E-state index is 10.3. The summed E-state index contributed by atoms with van der Waals surface area (Å²) in [6, 6.07) is 0. The van der Waals surface area contributed by atoms with Crippen LogP contribution in [0.15, 0.2) is 0 Å². The molecule has 0 aromatic rings. The van der Waals surface area contributed by atoms with Crippen LogP contribution in [0.1, 0.15) is 32.6 Å². The average molecular weight is 222 g/mol. The molecule has 0 amide bonds. The SMILES string of the molecule is CCOC12CC3CC4(COC=O)CC1(C2)C34. The summed E-state index contributed by atoms with van der Waals surface area (Å²) in [5.41, 5.74) is 1.12. The highest BCUT2D eigenvalue weighted by Crippen LogP contribution is 2.92. The Morgan fingerprint density at radius 1 is 1.38 bits per heavy atom. The predicted molar refractivity (Wildman–Crippen MR) is 56.7 cm³/mol. The van der Waals surface area contributed by atoms with Crippen LogP contribution in [0.4, 0.5) is 0 Å². The van der Waals surface area contributed by atoms with E-state index in [0.717, 1.165) is 18.4 Å². The van der Waals surface area contributed by atoms with Gasteiger partial charge in [0.15, 0.2) is 0 Å². The first kappa shape index (κ1) is 9.46. The molecule has 16 heavy (non-hydrogen) atoms. The Hall–Kier alpha value is -0.570. The Balaban J connectivity index is 1.54. The summed E-state index contributed by atoms with van der Waals surface area (Å²) in [4.78, 5) is 10.3. The summed E-state index contributed by atoms with van der Waals surface area (Å²) >= 11 is 0. The van der Waals surface area contributed by atoms with E-state index in [1.165, 1.54) is 25.7 Å². The maximum Gasteiger partial charge on any atom is 0.293 e. The van der Waals surface area contributed by atoms with E-state index in [4.69, 9.17) is 9.47 Å². The van der Waals surface area contributed by atoms with Gasteiger partial charge in [-0.05, 0) is 44.4 Å². The van der Waals surface area contributed by atoms with Gasteiger partial charge in [0.05, 0.1) is 12.2 Å². The van der Waals surface area contributed by atoms with E-state index in [9.17, 15) is 4.79 Å². The summed E-state index contributed by atoms with van der Waals surface area (Å²) in [6.45, 7) is 4.20. The molecule has 3 heteroatoms. The van der Waals surface area contributed by atoms with Crippen molar-refractivity contribution in [3.63, 3.8) is 0 Å². The Kier molecular flexibility index (Phi) is 1.46. The van der Waals surface area contributed by atoms with Gasteiger partial charge in [0.2, 0.25) is 0 Å². The van der Waals surface area contributed by atoms with Crippen molar-refractivity contribution in [2.45, 2.75) is 38.2 Å². The van der Waals surface area contributed by atoms with E-state index in [-0.39, 0.29) is 5.60 Å². The molecule has 0 radical (unpaired) electrons. The molecule has 0 N–H and O–H groups in total. The van der Waals surface area contributed by atoms with Gasteiger partial charge in [0.1, 0.15) is 0 Å². The second-order valence-corrected chi connectivity index (χ2v) is 6.35. The van der Waals surface area contributed by atoms with Crippen LogP contribution in [0.25, 0.3) is 0 Å². The van der Waals surface area contributed by atoms with E-state index in [2.05, 4.69) is 6.92 Å². The minimum atomic E-state index is 0.248. The van der Waals surface area contributed by atoms with Crippen molar-refractivity contribution in [2.75, 3.05) is 13.2 Å². The van der Waals surface area contributed by atoms with Gasteiger partial charge in [-0.1, -0.05) is 0 Å². The number of ether oxygens (including phenoxy) is 2. The summed E-state index contributed by atoms with van der Waals surface area (Å²) in [7, 11) is 0. The van der Waals surface area contributed by atoms with E-state index < -0.39 is 0 Å². The van der Waals surface area contributed by atoms with Crippen molar-refractivity contribution in [2.24, 2.45) is 22.7 Å². The number of carbonyl (C=O) groups excluding carboxylic acids is 1. The lowest BCUT2D eigenvalue weighted by Gasteiger charge is -2.65. The van der Waals surface area contributed by atoms with E-state index in [1.54, 1.807) is 0 Å². The first-order valence-corrected chi connectivity index (χ1v) is 6.41. The summed E-state index contributed by atoms with van der Waals surface area (Å²) in [5.74, 6) is 1.68. The molecule has 4 aliphatic carbocycles. The minimum absolute atomic E-state index is 0.248. The monoisotopic (exact) mass is 222 g/mol. The van der Waals surface area contributed by atoms with Gasteiger partial charge >= 0.3 is 0 Å². The zero-order valence-electron chi connectivity index (χ0n) is 9.70. The second kappa shape index (κ2) is 2.47. The van der Waals surface area contributed by atoms with Gasteiger partial charge in [-0.25, -0.2) is 0 Å².